The van der Waals surface area contributed by atoms with Crippen LogP contribution in [-0.2, 0) is 6.54 Å². The maximum atomic E-state index is 14.0. The van der Waals surface area contributed by atoms with Gasteiger partial charge < -0.3 is 24.0 Å². The van der Waals surface area contributed by atoms with Gasteiger partial charge in [0.15, 0.2) is 22.5 Å². The van der Waals surface area contributed by atoms with Crippen molar-refractivity contribution in [1.82, 2.24) is 4.57 Å². The Hall–Kier alpha value is -1.50. The second-order valence-corrected chi connectivity index (χ2v) is 4.76. The third-order valence-electron chi connectivity index (χ3n) is 3.34. The van der Waals surface area contributed by atoms with E-state index in [1.54, 1.807) is 4.57 Å². The van der Waals surface area contributed by atoms with Crippen LogP contribution in [0.1, 0.15) is 13.3 Å². The number of benzene rings is 2. The van der Waals surface area contributed by atoms with Crippen LogP contribution in [0.5, 0.6) is 0 Å². The van der Waals surface area contributed by atoms with Crippen molar-refractivity contribution < 1.29 is 37.3 Å². The zero-order valence-electron chi connectivity index (χ0n) is 11.6. The predicted octanol–water partition coefficient (Wildman–Crippen LogP) is 0.610. The number of imidazole rings is 1. The number of nitrogens with zero attached hydrogens (tertiary/aromatic N) is 2. The number of hydrogen-bond acceptors (Lipinski definition) is 0. The van der Waals surface area contributed by atoms with E-state index in [4.69, 9.17) is 0 Å². The fraction of sp³-hybridized carbons (Fsp3) is 0.188. The highest BCUT2D eigenvalue weighted by molar-refractivity contribution is 5.74. The Labute approximate surface area is 139 Å². The lowest BCUT2D eigenvalue weighted by atomic mass is 10.2. The number of para-hydroxylation sites is 2. The van der Waals surface area contributed by atoms with Crippen molar-refractivity contribution in [3.63, 3.8) is 0 Å². The van der Waals surface area contributed by atoms with Crippen molar-refractivity contribution >= 4 is 11.0 Å². The molecule has 3 rings (SSSR count). The van der Waals surface area contributed by atoms with Gasteiger partial charge in [0.2, 0.25) is 6.33 Å². The third-order valence-corrected chi connectivity index (χ3v) is 3.34. The summed E-state index contributed by atoms with van der Waals surface area (Å²) in [6, 6.07) is 11.5. The van der Waals surface area contributed by atoms with E-state index in [2.05, 4.69) is 11.5 Å². The average molecular weight is 400 g/mol. The zero-order valence-corrected chi connectivity index (χ0v) is 13.7. The summed E-state index contributed by atoms with van der Waals surface area (Å²) in [6.45, 7) is 2.95. The minimum absolute atomic E-state index is 0. The second-order valence-electron chi connectivity index (χ2n) is 4.76. The maximum absolute atomic E-state index is 14.0. The van der Waals surface area contributed by atoms with E-state index in [0.29, 0.717) is 5.69 Å². The van der Waals surface area contributed by atoms with Gasteiger partial charge in [0.1, 0.15) is 5.82 Å². The summed E-state index contributed by atoms with van der Waals surface area (Å²) >= 11 is 0. The van der Waals surface area contributed by atoms with Gasteiger partial charge >= 0.3 is 0 Å². The topological polar surface area (TPSA) is 8.81 Å². The van der Waals surface area contributed by atoms with Crippen LogP contribution in [0, 0.1) is 11.6 Å². The highest BCUT2D eigenvalue weighted by atomic mass is 127. The molecule has 0 radical (unpaired) electrons. The van der Waals surface area contributed by atoms with Crippen molar-refractivity contribution in [3.05, 3.63) is 60.4 Å². The highest BCUT2D eigenvalue weighted by Gasteiger charge is 2.19. The molecule has 0 aliphatic heterocycles. The Morgan fingerprint density at radius 2 is 1.86 bits per heavy atom. The molecule has 0 unspecified atom stereocenters. The van der Waals surface area contributed by atoms with Crippen LogP contribution in [0.15, 0.2) is 48.8 Å². The van der Waals surface area contributed by atoms with E-state index in [0.717, 1.165) is 30.1 Å². The molecule has 0 fully saturated rings. The van der Waals surface area contributed by atoms with Gasteiger partial charge in [-0.2, -0.15) is 4.57 Å². The van der Waals surface area contributed by atoms with Crippen LogP contribution in [0.25, 0.3) is 16.7 Å². The Kier molecular flexibility index (Phi) is 4.92. The molecule has 21 heavy (non-hydrogen) atoms. The van der Waals surface area contributed by atoms with E-state index in [9.17, 15) is 8.78 Å². The fourth-order valence-corrected chi connectivity index (χ4v) is 2.46. The van der Waals surface area contributed by atoms with Gasteiger partial charge in [0.25, 0.3) is 0 Å². The normalized spacial score (nSPS) is 10.6. The molecule has 0 amide bonds. The van der Waals surface area contributed by atoms with E-state index < -0.39 is 11.6 Å². The van der Waals surface area contributed by atoms with Crippen molar-refractivity contribution in [3.8, 4) is 5.69 Å². The highest BCUT2D eigenvalue weighted by Crippen LogP contribution is 2.20. The molecule has 1 heterocycles. The lowest BCUT2D eigenvalue weighted by molar-refractivity contribution is -0.671. The minimum atomic E-state index is -0.566. The van der Waals surface area contributed by atoms with Crippen molar-refractivity contribution in [1.29, 1.82) is 0 Å². The lowest BCUT2D eigenvalue weighted by Crippen LogP contribution is -3.00. The first kappa shape index (κ1) is 15.9. The van der Waals surface area contributed by atoms with Crippen LogP contribution in [0.3, 0.4) is 0 Å². The Balaban J connectivity index is 0.00000161. The third kappa shape index (κ3) is 2.92. The number of hydrogen-bond donors (Lipinski definition) is 0. The largest absolute Gasteiger partial charge is 1.00 e. The molecule has 3 aromatic rings. The molecule has 0 bridgehead atoms. The fourth-order valence-electron chi connectivity index (χ4n) is 2.46. The Morgan fingerprint density at radius 1 is 1.10 bits per heavy atom. The molecule has 0 atom stereocenters. The van der Waals surface area contributed by atoms with Crippen LogP contribution in [0.2, 0.25) is 0 Å². The average Bonchev–Trinajstić information content (AvgIpc) is 2.79. The molecule has 5 heteroatoms. The van der Waals surface area contributed by atoms with Gasteiger partial charge in [-0.3, -0.25) is 0 Å². The molecular formula is C16H15F2IN2. The minimum Gasteiger partial charge on any atom is -1.00 e. The van der Waals surface area contributed by atoms with Gasteiger partial charge in [-0.25, -0.2) is 13.3 Å². The molecule has 2 aromatic carbocycles. The van der Waals surface area contributed by atoms with Gasteiger partial charge in [-0.1, -0.05) is 19.1 Å². The quantitative estimate of drug-likeness (QED) is 0.450. The van der Waals surface area contributed by atoms with Gasteiger partial charge in [0.05, 0.1) is 6.54 Å². The van der Waals surface area contributed by atoms with Gasteiger partial charge in [-0.05, 0) is 30.7 Å². The maximum Gasteiger partial charge on any atom is 0.250 e. The van der Waals surface area contributed by atoms with Crippen LogP contribution >= 0.6 is 0 Å². The SMILES string of the molecule is CCC[n+]1cn(-c2ccc(F)cc2F)c2ccccc21.[I-]. The Bertz CT molecular complexity index is 768. The standard InChI is InChI=1S/C16H15F2N2.HI/c1-2-9-19-11-20(16-6-4-3-5-15(16)19)14-8-7-12(17)10-13(14)18;/h3-8,10-11H,2,9H2,1H3;1H/q+1;/p-1. The van der Waals surface area contributed by atoms with Crippen LogP contribution in [0.4, 0.5) is 8.78 Å². The van der Waals surface area contributed by atoms with Crippen LogP contribution in [-0.4, -0.2) is 4.57 Å². The second kappa shape index (κ2) is 6.51. The van der Waals surface area contributed by atoms with Crippen molar-refractivity contribution in [2.75, 3.05) is 0 Å². The molecule has 110 valence electrons. The molecule has 0 aliphatic carbocycles. The van der Waals surface area contributed by atoms with Gasteiger partial charge in [-0.15, -0.1) is 0 Å². The van der Waals surface area contributed by atoms with E-state index in [1.807, 2.05) is 30.6 Å². The zero-order chi connectivity index (χ0) is 14.1. The molecular weight excluding hydrogens is 385 g/mol. The van der Waals surface area contributed by atoms with Crippen molar-refractivity contribution in [2.24, 2.45) is 0 Å². The number of aryl methyl sites for hydroxylation is 1. The number of rotatable bonds is 3. The summed E-state index contributed by atoms with van der Waals surface area (Å²) in [7, 11) is 0. The lowest BCUT2D eigenvalue weighted by Gasteiger charge is -1.99. The first-order chi connectivity index (χ1) is 9.70. The summed E-state index contributed by atoms with van der Waals surface area (Å²) in [6.07, 6.45) is 2.86. The van der Waals surface area contributed by atoms with Crippen LogP contribution < -0.4 is 28.5 Å². The van der Waals surface area contributed by atoms with E-state index in [1.165, 1.54) is 12.1 Å². The molecule has 2 nitrogen and oxygen atoms in total. The van der Waals surface area contributed by atoms with Crippen molar-refractivity contribution in [2.45, 2.75) is 19.9 Å². The molecule has 0 aliphatic rings. The summed E-state index contributed by atoms with van der Waals surface area (Å²) < 4.78 is 30.9. The predicted molar refractivity (Wildman–Crippen MR) is 73.7 cm³/mol. The Morgan fingerprint density at radius 3 is 2.57 bits per heavy atom. The summed E-state index contributed by atoms with van der Waals surface area (Å²) in [5.41, 5.74) is 2.31. The van der Waals surface area contributed by atoms with E-state index in [-0.39, 0.29) is 24.0 Å². The molecule has 1 aromatic heterocycles. The first-order valence-electron chi connectivity index (χ1n) is 6.65. The summed E-state index contributed by atoms with van der Waals surface area (Å²) in [5, 5.41) is 0. The molecule has 0 saturated carbocycles. The monoisotopic (exact) mass is 400 g/mol. The number of fused-ring (bicyclic) bond motifs is 1. The molecule has 0 N–H and O–H groups in total. The number of halogens is 3. The summed E-state index contributed by atoms with van der Waals surface area (Å²) in [5.74, 6) is -1.13. The smallest absolute Gasteiger partial charge is 0.250 e. The van der Waals surface area contributed by atoms with E-state index >= 15 is 0 Å². The molecule has 0 spiro atoms. The molecule has 0 saturated heterocycles. The summed E-state index contributed by atoms with van der Waals surface area (Å²) in [4.78, 5) is 0. The first-order valence-corrected chi connectivity index (χ1v) is 6.65. The number of aromatic nitrogens is 2. The van der Waals surface area contributed by atoms with Gasteiger partial charge in [0, 0.05) is 6.07 Å².